The number of aryl methyl sites for hydroxylation is 1. The van der Waals surface area contributed by atoms with Crippen LogP contribution in [0.15, 0.2) is 23.2 Å². The number of anilines is 1. The van der Waals surface area contributed by atoms with Crippen LogP contribution in [0.5, 0.6) is 0 Å². The molecule has 0 aliphatic heterocycles. The second-order valence-corrected chi connectivity index (χ2v) is 6.06. The van der Waals surface area contributed by atoms with Gasteiger partial charge < -0.3 is 16.4 Å². The fourth-order valence-corrected chi connectivity index (χ4v) is 2.77. The van der Waals surface area contributed by atoms with Crippen LogP contribution in [0.4, 0.5) is 5.82 Å². The van der Waals surface area contributed by atoms with Crippen LogP contribution < -0.4 is 16.4 Å². The number of nitrogens with one attached hydrogen (secondary N) is 2. The van der Waals surface area contributed by atoms with Crippen LogP contribution in [-0.2, 0) is 4.79 Å². The molecule has 134 valence electrons. The molecule has 0 radical (unpaired) electrons. The number of halogens is 1. The summed E-state index contributed by atoms with van der Waals surface area (Å²) in [4.78, 5) is 20.3. The first-order chi connectivity index (χ1) is 11.1. The minimum atomic E-state index is -0.103. The molecule has 0 spiro atoms. The molecule has 4 N–H and O–H groups in total. The molecule has 0 bridgehead atoms. The first-order valence-corrected chi connectivity index (χ1v) is 8.43. The first kappa shape index (κ1) is 20.7. The van der Waals surface area contributed by atoms with Crippen LogP contribution in [0.1, 0.15) is 50.6 Å². The third-order valence-electron chi connectivity index (χ3n) is 3.98. The molecule has 7 heteroatoms. The van der Waals surface area contributed by atoms with Crippen LogP contribution in [-0.4, -0.2) is 29.4 Å². The van der Waals surface area contributed by atoms with Gasteiger partial charge in [0.25, 0.3) is 0 Å². The van der Waals surface area contributed by atoms with Gasteiger partial charge in [-0.2, -0.15) is 0 Å². The maximum atomic E-state index is 11.9. The minimum absolute atomic E-state index is 0. The second-order valence-electron chi connectivity index (χ2n) is 6.06. The average Bonchev–Trinajstić information content (AvgIpc) is 2.76. The molecule has 0 aromatic carbocycles. The number of nitrogens with two attached hydrogens (primary N) is 1. The Bertz CT molecular complexity index is 542. The Morgan fingerprint density at radius 1 is 1.29 bits per heavy atom. The molecule has 0 atom stereocenters. The summed E-state index contributed by atoms with van der Waals surface area (Å²) < 4.78 is 0. The maximum absolute atomic E-state index is 11.9. The Labute approximate surface area is 161 Å². The van der Waals surface area contributed by atoms with Gasteiger partial charge >= 0.3 is 0 Å². The van der Waals surface area contributed by atoms with E-state index in [9.17, 15) is 4.79 Å². The third kappa shape index (κ3) is 7.94. The van der Waals surface area contributed by atoms with Crippen molar-refractivity contribution in [3.05, 3.63) is 23.9 Å². The SMILES string of the molecule is Cc1cccc(NC(=O)CCN=C(N)NC2CCCCCC2)n1.I. The van der Waals surface area contributed by atoms with E-state index < -0.39 is 0 Å². The molecule has 1 aliphatic rings. The number of hydrogen-bond donors (Lipinski definition) is 3. The number of carbonyl (C=O) groups is 1. The summed E-state index contributed by atoms with van der Waals surface area (Å²) in [5, 5.41) is 6.04. The van der Waals surface area contributed by atoms with Crippen LogP contribution in [0.2, 0.25) is 0 Å². The van der Waals surface area contributed by atoms with Gasteiger partial charge in [0.2, 0.25) is 5.91 Å². The number of nitrogens with zero attached hydrogens (tertiary/aromatic N) is 2. The van der Waals surface area contributed by atoms with Gasteiger partial charge in [0, 0.05) is 18.2 Å². The summed E-state index contributed by atoms with van der Waals surface area (Å²) in [6.07, 6.45) is 7.70. The molecule has 1 aromatic rings. The van der Waals surface area contributed by atoms with Gasteiger partial charge in [-0.1, -0.05) is 31.7 Å². The zero-order valence-electron chi connectivity index (χ0n) is 14.3. The molecule has 1 saturated carbocycles. The number of aromatic nitrogens is 1. The summed E-state index contributed by atoms with van der Waals surface area (Å²) >= 11 is 0. The highest BCUT2D eigenvalue weighted by Gasteiger charge is 2.12. The topological polar surface area (TPSA) is 92.4 Å². The number of amides is 1. The van der Waals surface area contributed by atoms with Crippen LogP contribution in [0, 0.1) is 6.92 Å². The number of hydrogen-bond acceptors (Lipinski definition) is 3. The molecule has 1 aliphatic carbocycles. The summed E-state index contributed by atoms with van der Waals surface area (Å²) in [7, 11) is 0. The van der Waals surface area contributed by atoms with E-state index in [1.54, 1.807) is 6.07 Å². The molecule has 1 heterocycles. The second kappa shape index (κ2) is 11.2. The summed E-state index contributed by atoms with van der Waals surface area (Å²) in [5.41, 5.74) is 6.78. The lowest BCUT2D eigenvalue weighted by atomic mass is 10.1. The van der Waals surface area contributed by atoms with E-state index in [4.69, 9.17) is 5.73 Å². The Balaban J connectivity index is 0.00000288. The Morgan fingerprint density at radius 2 is 2.00 bits per heavy atom. The van der Waals surface area contributed by atoms with Gasteiger partial charge in [0.05, 0.1) is 6.54 Å². The average molecular weight is 445 g/mol. The summed E-state index contributed by atoms with van der Waals surface area (Å²) in [6.45, 7) is 2.27. The lowest BCUT2D eigenvalue weighted by Crippen LogP contribution is -2.40. The Morgan fingerprint density at radius 3 is 2.67 bits per heavy atom. The van der Waals surface area contributed by atoms with E-state index in [1.807, 2.05) is 19.1 Å². The van der Waals surface area contributed by atoms with E-state index in [0.717, 1.165) is 18.5 Å². The molecule has 2 rings (SSSR count). The van der Waals surface area contributed by atoms with Gasteiger partial charge in [-0.15, -0.1) is 24.0 Å². The number of aliphatic imine (C=N–C) groups is 1. The number of rotatable bonds is 5. The van der Waals surface area contributed by atoms with Gasteiger partial charge in [-0.25, -0.2) is 4.98 Å². The monoisotopic (exact) mass is 445 g/mol. The number of pyridine rings is 1. The smallest absolute Gasteiger partial charge is 0.227 e. The fraction of sp³-hybridized carbons (Fsp3) is 0.588. The molecule has 0 unspecified atom stereocenters. The summed E-state index contributed by atoms with van der Waals surface area (Å²) in [5.74, 6) is 0.913. The highest BCUT2D eigenvalue weighted by atomic mass is 127. The van der Waals surface area contributed by atoms with E-state index >= 15 is 0 Å². The van der Waals surface area contributed by atoms with Crippen molar-refractivity contribution >= 4 is 41.7 Å². The normalized spacial score (nSPS) is 16.0. The van der Waals surface area contributed by atoms with Crippen molar-refractivity contribution in [1.29, 1.82) is 0 Å². The highest BCUT2D eigenvalue weighted by Crippen LogP contribution is 2.16. The highest BCUT2D eigenvalue weighted by molar-refractivity contribution is 14.0. The van der Waals surface area contributed by atoms with Crippen LogP contribution in [0.3, 0.4) is 0 Å². The Hall–Kier alpha value is -1.38. The first-order valence-electron chi connectivity index (χ1n) is 8.43. The number of guanidine groups is 1. The standard InChI is InChI=1S/C17H27N5O.HI/c1-13-7-6-10-15(20-13)22-16(23)11-12-19-17(18)21-14-8-4-2-3-5-9-14;/h6-7,10,14H,2-5,8-9,11-12H2,1H3,(H3,18,19,21)(H,20,22,23);1H. The van der Waals surface area contributed by atoms with E-state index in [-0.39, 0.29) is 29.9 Å². The minimum Gasteiger partial charge on any atom is -0.370 e. The lowest BCUT2D eigenvalue weighted by Gasteiger charge is -2.16. The van der Waals surface area contributed by atoms with Crippen molar-refractivity contribution in [2.24, 2.45) is 10.7 Å². The molecular weight excluding hydrogens is 417 g/mol. The Kier molecular flexibility index (Phi) is 9.66. The fourth-order valence-electron chi connectivity index (χ4n) is 2.77. The lowest BCUT2D eigenvalue weighted by molar-refractivity contribution is -0.116. The molecule has 0 saturated heterocycles. The maximum Gasteiger partial charge on any atom is 0.227 e. The molecule has 1 amide bonds. The van der Waals surface area contributed by atoms with Gasteiger partial charge in [-0.3, -0.25) is 9.79 Å². The molecule has 1 aromatic heterocycles. The van der Waals surface area contributed by atoms with Crippen LogP contribution in [0.25, 0.3) is 0 Å². The zero-order valence-corrected chi connectivity index (χ0v) is 16.6. The van der Waals surface area contributed by atoms with Crippen molar-refractivity contribution < 1.29 is 4.79 Å². The predicted molar refractivity (Wildman–Crippen MR) is 109 cm³/mol. The predicted octanol–water partition coefficient (Wildman–Crippen LogP) is 2.96. The van der Waals surface area contributed by atoms with Crippen molar-refractivity contribution in [1.82, 2.24) is 10.3 Å². The third-order valence-corrected chi connectivity index (χ3v) is 3.98. The van der Waals surface area contributed by atoms with Gasteiger partial charge in [0.1, 0.15) is 5.82 Å². The van der Waals surface area contributed by atoms with Gasteiger partial charge in [0.15, 0.2) is 5.96 Å². The quantitative estimate of drug-likeness (QED) is 0.281. The molecule has 6 nitrogen and oxygen atoms in total. The zero-order chi connectivity index (χ0) is 16.5. The van der Waals surface area contributed by atoms with Crippen molar-refractivity contribution in [3.8, 4) is 0 Å². The molecule has 24 heavy (non-hydrogen) atoms. The van der Waals surface area contributed by atoms with E-state index in [2.05, 4.69) is 20.6 Å². The van der Waals surface area contributed by atoms with Gasteiger partial charge in [-0.05, 0) is 31.9 Å². The van der Waals surface area contributed by atoms with Crippen LogP contribution >= 0.6 is 24.0 Å². The molecular formula is C17H28IN5O. The van der Waals surface area contributed by atoms with E-state index in [0.29, 0.717) is 30.8 Å². The summed E-state index contributed by atoms with van der Waals surface area (Å²) in [6, 6.07) is 5.95. The van der Waals surface area contributed by atoms with Crippen molar-refractivity contribution in [2.45, 2.75) is 57.9 Å². The largest absolute Gasteiger partial charge is 0.370 e. The van der Waals surface area contributed by atoms with E-state index in [1.165, 1.54) is 25.7 Å². The molecule has 1 fully saturated rings. The van der Waals surface area contributed by atoms with Crippen molar-refractivity contribution in [2.75, 3.05) is 11.9 Å². The van der Waals surface area contributed by atoms with Crippen molar-refractivity contribution in [3.63, 3.8) is 0 Å². The number of carbonyl (C=O) groups excluding carboxylic acids is 1.